The Morgan fingerprint density at radius 1 is 1.18 bits per heavy atom. The van der Waals surface area contributed by atoms with E-state index in [2.05, 4.69) is 0 Å². The molecule has 1 rings (SSSR count). The van der Waals surface area contributed by atoms with Crippen molar-refractivity contribution < 1.29 is 13.2 Å². The Morgan fingerprint density at radius 3 is 2.36 bits per heavy atom. The molecule has 0 unspecified atom stereocenters. The second-order valence-corrected chi connectivity index (χ2v) is 6.82. The molecule has 0 spiro atoms. The van der Waals surface area contributed by atoms with E-state index in [1.54, 1.807) is 14.2 Å². The zero-order valence-corrected chi connectivity index (χ0v) is 14.8. The van der Waals surface area contributed by atoms with Crippen molar-refractivity contribution in [1.29, 1.82) is 0 Å². The summed E-state index contributed by atoms with van der Waals surface area (Å²) >= 11 is 0. The summed E-state index contributed by atoms with van der Waals surface area (Å²) in [5.74, 6) is 0. The Bertz CT molecular complexity index is 499. The van der Waals surface area contributed by atoms with Gasteiger partial charge in [0, 0.05) is 33.8 Å². The minimum Gasteiger partial charge on any atom is -0.383 e. The highest BCUT2D eigenvalue weighted by atomic mass is 35.5. The first kappa shape index (κ1) is 21.3. The number of hydrogen-bond donors (Lipinski definition) is 1. The molecule has 0 atom stereocenters. The summed E-state index contributed by atoms with van der Waals surface area (Å²) in [6.45, 7) is 1.91. The van der Waals surface area contributed by atoms with Crippen molar-refractivity contribution in [1.82, 2.24) is 8.61 Å². The summed E-state index contributed by atoms with van der Waals surface area (Å²) in [6, 6.07) is 9.54. The maximum Gasteiger partial charge on any atom is 0.282 e. The van der Waals surface area contributed by atoms with Gasteiger partial charge in [-0.25, -0.2) is 0 Å². The molecule has 1 aromatic carbocycles. The van der Waals surface area contributed by atoms with Gasteiger partial charge >= 0.3 is 0 Å². The van der Waals surface area contributed by atoms with Gasteiger partial charge in [-0.1, -0.05) is 30.3 Å². The van der Waals surface area contributed by atoms with Gasteiger partial charge in [-0.2, -0.15) is 17.0 Å². The zero-order chi connectivity index (χ0) is 15.7. The predicted octanol–water partition coefficient (Wildman–Crippen LogP) is 1.08. The fraction of sp³-hybridized carbons (Fsp3) is 0.571. The van der Waals surface area contributed by atoms with Crippen LogP contribution in [-0.4, -0.2) is 57.4 Å². The van der Waals surface area contributed by atoms with E-state index in [1.165, 1.54) is 8.61 Å². The fourth-order valence-corrected chi connectivity index (χ4v) is 3.23. The van der Waals surface area contributed by atoms with Gasteiger partial charge in [0.15, 0.2) is 0 Å². The minimum absolute atomic E-state index is 0. The molecule has 0 aliphatic heterocycles. The van der Waals surface area contributed by atoms with Crippen LogP contribution in [0.15, 0.2) is 30.3 Å². The van der Waals surface area contributed by atoms with E-state index in [1.807, 2.05) is 30.3 Å². The number of nitrogens with two attached hydrogens (primary N) is 1. The lowest BCUT2D eigenvalue weighted by atomic mass is 10.2. The third-order valence-electron chi connectivity index (χ3n) is 3.14. The largest absolute Gasteiger partial charge is 0.383 e. The van der Waals surface area contributed by atoms with E-state index < -0.39 is 10.2 Å². The third-order valence-corrected chi connectivity index (χ3v) is 5.08. The molecule has 0 amide bonds. The Hall–Kier alpha value is -0.700. The van der Waals surface area contributed by atoms with Crippen molar-refractivity contribution in [2.45, 2.75) is 13.0 Å². The summed E-state index contributed by atoms with van der Waals surface area (Å²) in [6.07, 6.45) is 0.629. The van der Waals surface area contributed by atoms with Gasteiger partial charge in [0.25, 0.3) is 10.2 Å². The van der Waals surface area contributed by atoms with Crippen molar-refractivity contribution in [3.8, 4) is 0 Å². The van der Waals surface area contributed by atoms with Gasteiger partial charge in [-0.3, -0.25) is 0 Å². The van der Waals surface area contributed by atoms with Gasteiger partial charge in [0.2, 0.25) is 0 Å². The SMILES string of the molecule is COCCN(C)S(=O)(=O)N(CCCN)Cc1ccccc1.Cl. The molecule has 22 heavy (non-hydrogen) atoms. The van der Waals surface area contributed by atoms with Gasteiger partial charge < -0.3 is 10.5 Å². The summed E-state index contributed by atoms with van der Waals surface area (Å²) in [5, 5.41) is 0. The lowest BCUT2D eigenvalue weighted by molar-refractivity contribution is 0.182. The van der Waals surface area contributed by atoms with Crippen LogP contribution in [0.3, 0.4) is 0 Å². The predicted molar refractivity (Wildman–Crippen MR) is 91.2 cm³/mol. The average molecular weight is 352 g/mol. The molecule has 2 N–H and O–H groups in total. The number of methoxy groups -OCH3 is 1. The highest BCUT2D eigenvalue weighted by Gasteiger charge is 2.26. The standard InChI is InChI=1S/C14H25N3O3S.ClH/c1-16(11-12-20-2)21(18,19)17(10-6-9-15)13-14-7-4-3-5-8-14;/h3-5,7-8H,6,9-13,15H2,1-2H3;1H. The number of ether oxygens (including phenoxy) is 1. The smallest absolute Gasteiger partial charge is 0.282 e. The monoisotopic (exact) mass is 351 g/mol. The zero-order valence-electron chi connectivity index (χ0n) is 13.1. The number of halogens is 1. The van der Waals surface area contributed by atoms with Crippen molar-refractivity contribution in [3.05, 3.63) is 35.9 Å². The van der Waals surface area contributed by atoms with E-state index in [-0.39, 0.29) is 12.4 Å². The molecule has 0 radical (unpaired) electrons. The number of rotatable bonds is 10. The summed E-state index contributed by atoms with van der Waals surface area (Å²) in [5.41, 5.74) is 6.47. The van der Waals surface area contributed by atoms with Crippen LogP contribution in [0.4, 0.5) is 0 Å². The third kappa shape index (κ3) is 6.60. The first-order valence-corrected chi connectivity index (χ1v) is 8.36. The molecular weight excluding hydrogens is 326 g/mol. The highest BCUT2D eigenvalue weighted by molar-refractivity contribution is 7.86. The van der Waals surface area contributed by atoms with Gasteiger partial charge in [0.1, 0.15) is 0 Å². The van der Waals surface area contributed by atoms with E-state index >= 15 is 0 Å². The van der Waals surface area contributed by atoms with E-state index in [4.69, 9.17) is 10.5 Å². The number of nitrogens with zero attached hydrogens (tertiary/aromatic N) is 2. The Balaban J connectivity index is 0.00000441. The van der Waals surface area contributed by atoms with E-state index in [9.17, 15) is 8.42 Å². The quantitative estimate of drug-likeness (QED) is 0.684. The molecule has 0 saturated heterocycles. The maximum atomic E-state index is 12.6. The normalized spacial score (nSPS) is 11.7. The molecule has 6 nitrogen and oxygen atoms in total. The number of benzene rings is 1. The number of likely N-dealkylation sites (N-methyl/N-ethyl adjacent to an activating group) is 1. The number of hydrogen-bond acceptors (Lipinski definition) is 4. The van der Waals surface area contributed by atoms with Crippen LogP contribution in [0.25, 0.3) is 0 Å². The molecule has 0 fully saturated rings. The van der Waals surface area contributed by atoms with Gasteiger partial charge in [-0.15, -0.1) is 12.4 Å². The lowest BCUT2D eigenvalue weighted by Crippen LogP contribution is -2.43. The molecule has 0 heterocycles. The molecule has 128 valence electrons. The molecule has 0 aromatic heterocycles. The van der Waals surface area contributed by atoms with Crippen LogP contribution >= 0.6 is 12.4 Å². The van der Waals surface area contributed by atoms with Crippen molar-refractivity contribution in [2.24, 2.45) is 5.73 Å². The first-order valence-electron chi connectivity index (χ1n) is 6.96. The molecule has 0 aliphatic rings. The molecule has 0 saturated carbocycles. The first-order chi connectivity index (χ1) is 10.0. The molecular formula is C14H26ClN3O3S. The molecule has 0 aliphatic carbocycles. The van der Waals surface area contributed by atoms with Crippen molar-refractivity contribution in [3.63, 3.8) is 0 Å². The average Bonchev–Trinajstić information content (AvgIpc) is 2.49. The summed E-state index contributed by atoms with van der Waals surface area (Å²) < 4.78 is 32.9. The van der Waals surface area contributed by atoms with Crippen LogP contribution in [0.2, 0.25) is 0 Å². The highest BCUT2D eigenvalue weighted by Crippen LogP contribution is 2.12. The fourth-order valence-electron chi connectivity index (χ4n) is 1.86. The second kappa shape index (κ2) is 10.9. The minimum atomic E-state index is -3.51. The Labute approximate surface area is 139 Å². The van der Waals surface area contributed by atoms with Crippen LogP contribution in [-0.2, 0) is 21.5 Å². The van der Waals surface area contributed by atoms with E-state index in [0.29, 0.717) is 39.2 Å². The summed E-state index contributed by atoms with van der Waals surface area (Å²) in [4.78, 5) is 0. The Morgan fingerprint density at radius 2 is 1.82 bits per heavy atom. The van der Waals surface area contributed by atoms with Crippen LogP contribution in [0.5, 0.6) is 0 Å². The maximum absolute atomic E-state index is 12.6. The molecule has 8 heteroatoms. The van der Waals surface area contributed by atoms with E-state index in [0.717, 1.165) is 5.56 Å². The van der Waals surface area contributed by atoms with Crippen LogP contribution in [0.1, 0.15) is 12.0 Å². The molecule has 1 aromatic rings. The van der Waals surface area contributed by atoms with Gasteiger partial charge in [0.05, 0.1) is 6.61 Å². The Kier molecular flexibility index (Phi) is 10.6. The second-order valence-electron chi connectivity index (χ2n) is 4.78. The van der Waals surface area contributed by atoms with Crippen molar-refractivity contribution >= 4 is 22.6 Å². The van der Waals surface area contributed by atoms with Crippen LogP contribution < -0.4 is 5.73 Å². The summed E-state index contributed by atoms with van der Waals surface area (Å²) in [7, 11) is -0.396. The molecule has 0 bridgehead atoms. The van der Waals surface area contributed by atoms with Gasteiger partial charge in [-0.05, 0) is 18.5 Å². The lowest BCUT2D eigenvalue weighted by Gasteiger charge is -2.27. The van der Waals surface area contributed by atoms with Crippen molar-refractivity contribution in [2.75, 3.05) is 40.4 Å². The topological polar surface area (TPSA) is 75.9 Å². The van der Waals surface area contributed by atoms with Crippen LogP contribution in [0, 0.1) is 0 Å².